The summed E-state index contributed by atoms with van der Waals surface area (Å²) >= 11 is 1.36. The first-order valence-corrected chi connectivity index (χ1v) is 4.71. The van der Waals surface area contributed by atoms with Gasteiger partial charge in [-0.1, -0.05) is 6.07 Å². The predicted molar refractivity (Wildman–Crippen MR) is 51.9 cm³/mol. The van der Waals surface area contributed by atoms with Gasteiger partial charge in [0.05, 0.1) is 6.07 Å². The second-order valence-electron chi connectivity index (χ2n) is 3.18. The molecule has 1 nitrogen and oxygen atoms in total. The van der Waals surface area contributed by atoms with Crippen LogP contribution in [0.4, 0.5) is 4.39 Å². The molecule has 0 bridgehead atoms. The van der Waals surface area contributed by atoms with Crippen molar-refractivity contribution in [3.8, 4) is 6.07 Å². The minimum Gasteiger partial charge on any atom is -0.207 e. The summed E-state index contributed by atoms with van der Waals surface area (Å²) < 4.78 is 12.2. The van der Waals surface area contributed by atoms with Crippen LogP contribution in [-0.2, 0) is 0 Å². The minimum atomic E-state index is -0.506. The molecule has 68 valence electrons. The molecule has 0 aliphatic rings. The Morgan fingerprint density at radius 2 is 2.15 bits per heavy atom. The molecule has 0 unspecified atom stereocenters. The highest BCUT2D eigenvalue weighted by Gasteiger charge is 2.18. The van der Waals surface area contributed by atoms with Crippen molar-refractivity contribution in [2.45, 2.75) is 23.5 Å². The third-order valence-corrected chi connectivity index (χ3v) is 2.53. The van der Waals surface area contributed by atoms with E-state index in [4.69, 9.17) is 5.26 Å². The lowest BCUT2D eigenvalue weighted by atomic mass is 10.2. The number of nitrogens with zero attached hydrogens (tertiary/aromatic N) is 1. The first kappa shape index (κ1) is 10.1. The Morgan fingerprint density at radius 1 is 1.46 bits per heavy atom. The van der Waals surface area contributed by atoms with Crippen molar-refractivity contribution in [2.75, 3.05) is 0 Å². The number of rotatable bonds is 2. The molecular weight excluding hydrogens is 185 g/mol. The third kappa shape index (κ3) is 3.08. The zero-order chi connectivity index (χ0) is 9.90. The highest BCUT2D eigenvalue weighted by atomic mass is 32.2. The number of halogens is 1. The van der Waals surface area contributed by atoms with E-state index >= 15 is 0 Å². The van der Waals surface area contributed by atoms with E-state index in [0.717, 1.165) is 4.90 Å². The highest BCUT2D eigenvalue weighted by molar-refractivity contribution is 8.00. The SMILES string of the molecule is CC(C)(C#N)Sc1cccc(F)c1. The summed E-state index contributed by atoms with van der Waals surface area (Å²) in [5.41, 5.74) is 0. The van der Waals surface area contributed by atoms with Gasteiger partial charge in [-0.3, -0.25) is 0 Å². The Hall–Kier alpha value is -1.01. The fourth-order valence-electron chi connectivity index (χ4n) is 0.848. The largest absolute Gasteiger partial charge is 0.207 e. The van der Waals surface area contributed by atoms with E-state index in [1.54, 1.807) is 12.1 Å². The number of benzene rings is 1. The fourth-order valence-corrected chi connectivity index (χ4v) is 1.80. The van der Waals surface area contributed by atoms with Crippen molar-refractivity contribution in [1.82, 2.24) is 0 Å². The van der Waals surface area contributed by atoms with Gasteiger partial charge < -0.3 is 0 Å². The van der Waals surface area contributed by atoms with Gasteiger partial charge in [0.1, 0.15) is 10.6 Å². The van der Waals surface area contributed by atoms with E-state index in [0.29, 0.717) is 0 Å². The molecule has 0 saturated heterocycles. The van der Waals surface area contributed by atoms with Crippen LogP contribution in [-0.4, -0.2) is 4.75 Å². The van der Waals surface area contributed by atoms with Crippen LogP contribution in [0.5, 0.6) is 0 Å². The summed E-state index contributed by atoms with van der Waals surface area (Å²) in [5.74, 6) is -0.265. The van der Waals surface area contributed by atoms with E-state index in [2.05, 4.69) is 6.07 Å². The number of hydrogen-bond donors (Lipinski definition) is 0. The number of thioether (sulfide) groups is 1. The smallest absolute Gasteiger partial charge is 0.124 e. The molecule has 0 aliphatic carbocycles. The molecule has 0 fully saturated rings. The summed E-state index contributed by atoms with van der Waals surface area (Å²) in [7, 11) is 0. The van der Waals surface area contributed by atoms with Gasteiger partial charge in [-0.15, -0.1) is 11.8 Å². The van der Waals surface area contributed by atoms with Crippen molar-refractivity contribution in [2.24, 2.45) is 0 Å². The maximum Gasteiger partial charge on any atom is 0.124 e. The molecule has 13 heavy (non-hydrogen) atoms. The van der Waals surface area contributed by atoms with Crippen LogP contribution in [0.1, 0.15) is 13.8 Å². The van der Waals surface area contributed by atoms with E-state index in [1.165, 1.54) is 23.9 Å². The molecule has 0 atom stereocenters. The van der Waals surface area contributed by atoms with Crippen LogP contribution in [0.3, 0.4) is 0 Å². The van der Waals surface area contributed by atoms with Crippen LogP contribution in [0.25, 0.3) is 0 Å². The summed E-state index contributed by atoms with van der Waals surface area (Å²) in [6.45, 7) is 3.62. The van der Waals surface area contributed by atoms with Gasteiger partial charge in [-0.05, 0) is 32.0 Å². The highest BCUT2D eigenvalue weighted by Crippen LogP contribution is 2.31. The van der Waals surface area contributed by atoms with Crippen LogP contribution < -0.4 is 0 Å². The molecular formula is C10H10FNS. The Labute approximate surface area is 81.6 Å². The normalized spacial score (nSPS) is 10.9. The first-order chi connectivity index (χ1) is 6.03. The van der Waals surface area contributed by atoms with Crippen molar-refractivity contribution in [3.63, 3.8) is 0 Å². The molecule has 0 saturated carbocycles. The van der Waals surface area contributed by atoms with Gasteiger partial charge in [0.2, 0.25) is 0 Å². The molecule has 1 aromatic carbocycles. The molecule has 0 heterocycles. The van der Waals surface area contributed by atoms with Crippen molar-refractivity contribution in [1.29, 1.82) is 5.26 Å². The van der Waals surface area contributed by atoms with E-state index in [9.17, 15) is 4.39 Å². The van der Waals surface area contributed by atoms with Crippen molar-refractivity contribution >= 4 is 11.8 Å². The summed E-state index contributed by atoms with van der Waals surface area (Å²) in [6, 6.07) is 8.42. The Bertz CT molecular complexity index is 341. The lowest BCUT2D eigenvalue weighted by Crippen LogP contribution is -2.09. The van der Waals surface area contributed by atoms with Crippen LogP contribution >= 0.6 is 11.8 Å². The number of hydrogen-bond acceptors (Lipinski definition) is 2. The topological polar surface area (TPSA) is 23.8 Å². The lowest BCUT2D eigenvalue weighted by Gasteiger charge is -2.13. The van der Waals surface area contributed by atoms with Crippen LogP contribution in [0, 0.1) is 17.1 Å². The lowest BCUT2D eigenvalue weighted by molar-refractivity contribution is 0.624. The maximum absolute atomic E-state index is 12.8. The van der Waals surface area contributed by atoms with Gasteiger partial charge in [0.15, 0.2) is 0 Å². The van der Waals surface area contributed by atoms with Crippen LogP contribution in [0.15, 0.2) is 29.2 Å². The zero-order valence-corrected chi connectivity index (χ0v) is 8.36. The third-order valence-electron chi connectivity index (χ3n) is 1.44. The van der Waals surface area contributed by atoms with Crippen LogP contribution in [0.2, 0.25) is 0 Å². The minimum absolute atomic E-state index is 0.265. The second kappa shape index (κ2) is 3.80. The Morgan fingerprint density at radius 3 is 2.69 bits per heavy atom. The molecule has 1 rings (SSSR count). The molecule has 1 aromatic rings. The average molecular weight is 195 g/mol. The maximum atomic E-state index is 12.8. The molecule has 0 spiro atoms. The first-order valence-electron chi connectivity index (χ1n) is 3.89. The monoisotopic (exact) mass is 195 g/mol. The molecule has 0 aromatic heterocycles. The molecule has 3 heteroatoms. The quantitative estimate of drug-likeness (QED) is 0.676. The second-order valence-corrected chi connectivity index (χ2v) is 4.88. The fraction of sp³-hybridized carbons (Fsp3) is 0.300. The van der Waals surface area contributed by atoms with Gasteiger partial charge in [-0.25, -0.2) is 4.39 Å². The van der Waals surface area contributed by atoms with E-state index in [-0.39, 0.29) is 5.82 Å². The molecule has 0 N–H and O–H groups in total. The van der Waals surface area contributed by atoms with E-state index in [1.807, 2.05) is 13.8 Å². The standard InChI is InChI=1S/C10H10FNS/c1-10(2,7-12)13-9-5-3-4-8(11)6-9/h3-6H,1-2H3. The van der Waals surface area contributed by atoms with Gasteiger partial charge >= 0.3 is 0 Å². The summed E-state index contributed by atoms with van der Waals surface area (Å²) in [4.78, 5) is 0.784. The zero-order valence-electron chi connectivity index (χ0n) is 7.54. The van der Waals surface area contributed by atoms with E-state index < -0.39 is 4.75 Å². The average Bonchev–Trinajstić information content (AvgIpc) is 2.03. The van der Waals surface area contributed by atoms with Gasteiger partial charge in [0.25, 0.3) is 0 Å². The number of nitriles is 1. The molecule has 0 amide bonds. The Balaban J connectivity index is 2.82. The Kier molecular flexibility index (Phi) is 2.94. The van der Waals surface area contributed by atoms with Crippen molar-refractivity contribution < 1.29 is 4.39 Å². The summed E-state index contributed by atoms with van der Waals surface area (Å²) in [6.07, 6.45) is 0. The molecule has 0 aliphatic heterocycles. The molecule has 0 radical (unpaired) electrons. The van der Waals surface area contributed by atoms with Gasteiger partial charge in [0, 0.05) is 4.90 Å². The predicted octanol–water partition coefficient (Wildman–Crippen LogP) is 3.22. The van der Waals surface area contributed by atoms with Gasteiger partial charge in [-0.2, -0.15) is 5.26 Å². The van der Waals surface area contributed by atoms with Crippen molar-refractivity contribution in [3.05, 3.63) is 30.1 Å². The summed E-state index contributed by atoms with van der Waals surface area (Å²) in [5, 5.41) is 8.76.